The van der Waals surface area contributed by atoms with Crippen LogP contribution >= 0.6 is 0 Å². The minimum absolute atomic E-state index is 1.10. The highest BCUT2D eigenvalue weighted by atomic mass is 15.1. The minimum Gasteiger partial charge on any atom is -0.310 e. The highest BCUT2D eigenvalue weighted by Crippen LogP contribution is 2.45. The summed E-state index contributed by atoms with van der Waals surface area (Å²) in [6.07, 6.45) is 0. The van der Waals surface area contributed by atoms with Gasteiger partial charge in [0, 0.05) is 16.9 Å². The molecule has 248 valence electrons. The Morgan fingerprint density at radius 2 is 0.849 bits per heavy atom. The zero-order valence-electron chi connectivity index (χ0n) is 29.2. The molecule has 53 heavy (non-hydrogen) atoms. The Bertz CT molecular complexity index is 2950. The molecule has 0 unspecified atom stereocenters. The van der Waals surface area contributed by atoms with E-state index < -0.39 is 0 Å². The van der Waals surface area contributed by atoms with E-state index in [4.69, 9.17) is 0 Å². The number of benzene rings is 10. The molecule has 10 aromatic rings. The van der Waals surface area contributed by atoms with E-state index in [0.29, 0.717) is 0 Å². The van der Waals surface area contributed by atoms with Gasteiger partial charge in [-0.1, -0.05) is 170 Å². The molecule has 1 heteroatoms. The Hall–Kier alpha value is -6.96. The lowest BCUT2D eigenvalue weighted by atomic mass is 9.92. The molecular weight excluding hydrogens is 639 g/mol. The maximum atomic E-state index is 2.44. The molecule has 0 N–H and O–H groups in total. The van der Waals surface area contributed by atoms with Gasteiger partial charge in [0.05, 0.1) is 5.69 Å². The third-order valence-electron chi connectivity index (χ3n) is 10.6. The van der Waals surface area contributed by atoms with E-state index in [1.807, 2.05) is 0 Å². The molecule has 0 aromatic heterocycles. The smallest absolute Gasteiger partial charge is 0.0540 e. The topological polar surface area (TPSA) is 3.24 Å². The molecule has 0 heterocycles. The highest BCUT2D eigenvalue weighted by molar-refractivity contribution is 6.14. The first-order valence-corrected chi connectivity index (χ1v) is 18.3. The fourth-order valence-electron chi connectivity index (χ4n) is 8.07. The van der Waals surface area contributed by atoms with Gasteiger partial charge in [-0.3, -0.25) is 0 Å². The summed E-state index contributed by atoms with van der Waals surface area (Å²) in [6.45, 7) is 0. The number of nitrogens with zero attached hydrogens (tertiary/aromatic N) is 1. The fourth-order valence-corrected chi connectivity index (χ4v) is 8.07. The normalized spacial score (nSPS) is 11.4. The van der Waals surface area contributed by atoms with Crippen LogP contribution in [0.2, 0.25) is 0 Å². The predicted molar refractivity (Wildman–Crippen MR) is 227 cm³/mol. The molecule has 0 saturated carbocycles. The Morgan fingerprint density at radius 3 is 1.74 bits per heavy atom. The molecule has 0 aliphatic heterocycles. The first kappa shape index (κ1) is 30.8. The molecular formula is C52H35N. The summed E-state index contributed by atoms with van der Waals surface area (Å²) in [4.78, 5) is 2.44. The molecule has 10 aromatic carbocycles. The maximum absolute atomic E-state index is 2.44. The third kappa shape index (κ3) is 5.51. The van der Waals surface area contributed by atoms with Gasteiger partial charge in [-0.25, -0.2) is 0 Å². The van der Waals surface area contributed by atoms with E-state index in [1.54, 1.807) is 0 Å². The molecule has 10 rings (SSSR count). The van der Waals surface area contributed by atoms with Crippen LogP contribution in [-0.2, 0) is 0 Å². The zero-order chi connectivity index (χ0) is 35.1. The molecule has 0 radical (unpaired) electrons. The highest BCUT2D eigenvalue weighted by Gasteiger charge is 2.20. The van der Waals surface area contributed by atoms with Crippen molar-refractivity contribution < 1.29 is 0 Å². The molecule has 0 aliphatic carbocycles. The maximum Gasteiger partial charge on any atom is 0.0540 e. The molecule has 0 bridgehead atoms. The number of fused-ring (bicyclic) bond motifs is 5. The van der Waals surface area contributed by atoms with Crippen LogP contribution in [0, 0.1) is 0 Å². The third-order valence-corrected chi connectivity index (χ3v) is 10.6. The molecule has 0 amide bonds. The van der Waals surface area contributed by atoms with Crippen LogP contribution in [0.3, 0.4) is 0 Å². The quantitative estimate of drug-likeness (QED) is 0.159. The first-order chi connectivity index (χ1) is 26.3. The van der Waals surface area contributed by atoms with Crippen LogP contribution in [0.25, 0.3) is 76.5 Å². The van der Waals surface area contributed by atoms with Gasteiger partial charge in [-0.05, 0) is 113 Å². The van der Waals surface area contributed by atoms with E-state index in [1.165, 1.54) is 76.5 Å². The molecule has 0 saturated heterocycles. The largest absolute Gasteiger partial charge is 0.310 e. The van der Waals surface area contributed by atoms with Gasteiger partial charge in [0.2, 0.25) is 0 Å². The van der Waals surface area contributed by atoms with Crippen molar-refractivity contribution in [1.29, 1.82) is 0 Å². The van der Waals surface area contributed by atoms with Gasteiger partial charge in [0.25, 0.3) is 0 Å². The number of para-hydroxylation sites is 1. The lowest BCUT2D eigenvalue weighted by Crippen LogP contribution is -2.11. The molecule has 0 fully saturated rings. The Balaban J connectivity index is 1.19. The van der Waals surface area contributed by atoms with Crippen molar-refractivity contribution in [2.75, 3.05) is 4.90 Å². The van der Waals surface area contributed by atoms with Crippen LogP contribution < -0.4 is 4.90 Å². The average Bonchev–Trinajstić information content (AvgIpc) is 3.24. The first-order valence-electron chi connectivity index (χ1n) is 18.3. The van der Waals surface area contributed by atoms with Gasteiger partial charge < -0.3 is 4.90 Å². The van der Waals surface area contributed by atoms with Crippen molar-refractivity contribution in [1.82, 2.24) is 0 Å². The Kier molecular flexibility index (Phi) is 7.55. The summed E-state index contributed by atoms with van der Waals surface area (Å²) in [6, 6.07) is 77.3. The lowest BCUT2D eigenvalue weighted by Gasteiger charge is -2.29. The van der Waals surface area contributed by atoms with E-state index >= 15 is 0 Å². The van der Waals surface area contributed by atoms with E-state index in [9.17, 15) is 0 Å². The SMILES string of the molecule is c1ccc(-c2ccc3cc(N(c4cccc(-c5cc6ccccc6c6ccccc56)c4)c4ccccc4-c4cccc5ccccc45)ccc3c2)cc1. The number of hydrogen-bond acceptors (Lipinski definition) is 1. The molecule has 1 nitrogen and oxygen atoms in total. The van der Waals surface area contributed by atoms with Gasteiger partial charge in [0.15, 0.2) is 0 Å². The van der Waals surface area contributed by atoms with E-state index in [2.05, 4.69) is 217 Å². The van der Waals surface area contributed by atoms with Crippen molar-refractivity contribution in [3.8, 4) is 33.4 Å². The van der Waals surface area contributed by atoms with Crippen LogP contribution in [0.15, 0.2) is 212 Å². The number of anilines is 3. The van der Waals surface area contributed by atoms with Crippen molar-refractivity contribution in [2.45, 2.75) is 0 Å². The minimum atomic E-state index is 1.10. The van der Waals surface area contributed by atoms with Gasteiger partial charge in [0.1, 0.15) is 0 Å². The van der Waals surface area contributed by atoms with E-state index in [0.717, 1.165) is 17.1 Å². The molecule has 0 atom stereocenters. The zero-order valence-corrected chi connectivity index (χ0v) is 29.2. The molecule has 0 aliphatic rings. The standard InChI is InChI=1S/C52H35N/c1-2-14-36(15-3-1)38-28-29-40-33-44(31-30-39(40)32-38)53(52-27-11-10-25-50(52)48-26-13-18-37-16-4-6-21-45(37)48)43-20-12-19-41(34-43)51-35-42-17-5-7-22-46(42)47-23-8-9-24-49(47)51/h1-35H. The Labute approximate surface area is 309 Å². The second kappa shape index (κ2) is 13.0. The fraction of sp³-hybridized carbons (Fsp3) is 0. The summed E-state index contributed by atoms with van der Waals surface area (Å²) < 4.78 is 0. The van der Waals surface area contributed by atoms with Gasteiger partial charge >= 0.3 is 0 Å². The van der Waals surface area contributed by atoms with Gasteiger partial charge in [-0.15, -0.1) is 0 Å². The second-order valence-electron chi connectivity index (χ2n) is 13.7. The van der Waals surface area contributed by atoms with Crippen LogP contribution in [0.4, 0.5) is 17.1 Å². The van der Waals surface area contributed by atoms with Gasteiger partial charge in [-0.2, -0.15) is 0 Å². The van der Waals surface area contributed by atoms with Crippen LogP contribution in [0.5, 0.6) is 0 Å². The number of rotatable bonds is 6. The summed E-state index contributed by atoms with van der Waals surface area (Å²) in [7, 11) is 0. The summed E-state index contributed by atoms with van der Waals surface area (Å²) in [5.74, 6) is 0. The van der Waals surface area contributed by atoms with Crippen molar-refractivity contribution >= 4 is 60.2 Å². The molecule has 0 spiro atoms. The van der Waals surface area contributed by atoms with Crippen molar-refractivity contribution in [3.05, 3.63) is 212 Å². The van der Waals surface area contributed by atoms with E-state index in [-0.39, 0.29) is 0 Å². The van der Waals surface area contributed by atoms with Crippen LogP contribution in [-0.4, -0.2) is 0 Å². The number of hydrogen-bond donors (Lipinski definition) is 0. The van der Waals surface area contributed by atoms with Crippen molar-refractivity contribution in [2.24, 2.45) is 0 Å². The predicted octanol–water partition coefficient (Wildman–Crippen LogP) is 14.8. The lowest BCUT2D eigenvalue weighted by molar-refractivity contribution is 1.29. The summed E-state index contributed by atoms with van der Waals surface area (Å²) in [5, 5.41) is 9.94. The summed E-state index contributed by atoms with van der Waals surface area (Å²) in [5.41, 5.74) is 10.6. The van der Waals surface area contributed by atoms with Crippen LogP contribution in [0.1, 0.15) is 0 Å². The second-order valence-corrected chi connectivity index (χ2v) is 13.7. The Morgan fingerprint density at radius 1 is 0.245 bits per heavy atom. The monoisotopic (exact) mass is 673 g/mol. The van der Waals surface area contributed by atoms with Crippen molar-refractivity contribution in [3.63, 3.8) is 0 Å². The summed E-state index contributed by atoms with van der Waals surface area (Å²) >= 11 is 0. The average molecular weight is 674 g/mol.